The summed E-state index contributed by atoms with van der Waals surface area (Å²) in [6.07, 6.45) is 2.23. The van der Waals surface area contributed by atoms with Gasteiger partial charge in [0, 0.05) is 11.6 Å². The Labute approximate surface area is 123 Å². The van der Waals surface area contributed by atoms with Crippen molar-refractivity contribution < 1.29 is 18.7 Å². The van der Waals surface area contributed by atoms with E-state index in [0.29, 0.717) is 11.3 Å². The lowest BCUT2D eigenvalue weighted by molar-refractivity contribution is 0.102. The Morgan fingerprint density at radius 3 is 2.91 bits per heavy atom. The van der Waals surface area contributed by atoms with Crippen molar-refractivity contribution in [1.82, 2.24) is 15.2 Å². The van der Waals surface area contributed by atoms with Gasteiger partial charge in [-0.2, -0.15) is 5.10 Å². The molecular weight excluding hydrogens is 289 g/mol. The van der Waals surface area contributed by atoms with Crippen LogP contribution in [0.25, 0.3) is 17.1 Å². The number of nitrogens with one attached hydrogen (secondary N) is 1. The number of allylic oxidation sites excluding steroid dienone is 1. The highest BCUT2D eigenvalue weighted by atomic mass is 19.1. The van der Waals surface area contributed by atoms with Crippen LogP contribution in [0.5, 0.6) is 0 Å². The molecule has 0 saturated heterocycles. The first-order valence-electron chi connectivity index (χ1n) is 6.30. The number of benzene rings is 1. The van der Waals surface area contributed by atoms with Gasteiger partial charge in [0.25, 0.3) is 0 Å². The average Bonchev–Trinajstić information content (AvgIpc) is 3.19. The molecule has 0 spiro atoms. The molecule has 2 heterocycles. The molecule has 0 bridgehead atoms. The summed E-state index contributed by atoms with van der Waals surface area (Å²) in [7, 11) is 0. The number of carbonyl (C=O) groups is 1. The molecular formula is C15H10FN3O3. The molecule has 0 amide bonds. The topological polar surface area (TPSA) is 92.0 Å². The number of hydrogen-bond donors (Lipinski definition) is 2. The number of hydrogen-bond acceptors (Lipinski definition) is 5. The number of furan rings is 1. The predicted molar refractivity (Wildman–Crippen MR) is 75.4 cm³/mol. The number of halogens is 1. The van der Waals surface area contributed by atoms with Crippen LogP contribution in [0.15, 0.2) is 53.2 Å². The number of carbonyl (C=O) groups excluding carboxylic acids is 1. The number of aliphatic hydroxyl groups excluding tert-OH is 1. The van der Waals surface area contributed by atoms with Crippen molar-refractivity contribution in [2.75, 3.05) is 0 Å². The molecule has 0 aliphatic heterocycles. The van der Waals surface area contributed by atoms with Crippen molar-refractivity contribution in [1.29, 1.82) is 0 Å². The van der Waals surface area contributed by atoms with Gasteiger partial charge >= 0.3 is 0 Å². The molecule has 0 unspecified atom stereocenters. The Bertz CT molecular complexity index is 837. The maximum atomic E-state index is 13.2. The number of aliphatic hydroxyl groups is 1. The van der Waals surface area contributed by atoms with Crippen LogP contribution in [0.4, 0.5) is 4.39 Å². The minimum atomic E-state index is -0.551. The maximum Gasteiger partial charge on any atom is 0.224 e. The van der Waals surface area contributed by atoms with Gasteiger partial charge < -0.3 is 9.52 Å². The molecule has 2 N–H and O–H groups in total. The highest BCUT2D eigenvalue weighted by molar-refractivity contribution is 6.05. The fourth-order valence-electron chi connectivity index (χ4n) is 1.86. The lowest BCUT2D eigenvalue weighted by Gasteiger charge is -1.97. The molecule has 2 aromatic heterocycles. The van der Waals surface area contributed by atoms with E-state index in [2.05, 4.69) is 15.2 Å². The summed E-state index contributed by atoms with van der Waals surface area (Å²) in [5.41, 5.74) is 0.515. The van der Waals surface area contributed by atoms with E-state index >= 15 is 0 Å². The molecule has 3 aromatic rings. The lowest BCUT2D eigenvalue weighted by atomic mass is 10.2. The Hall–Kier alpha value is -3.22. The van der Waals surface area contributed by atoms with Crippen LogP contribution >= 0.6 is 0 Å². The number of ketones is 1. The highest BCUT2D eigenvalue weighted by Gasteiger charge is 2.13. The van der Waals surface area contributed by atoms with Crippen LogP contribution < -0.4 is 0 Å². The van der Waals surface area contributed by atoms with Gasteiger partial charge in [-0.3, -0.25) is 9.89 Å². The third-order valence-corrected chi connectivity index (χ3v) is 2.87. The van der Waals surface area contributed by atoms with Crippen molar-refractivity contribution in [2.45, 2.75) is 0 Å². The normalized spacial score (nSPS) is 11.6. The Morgan fingerprint density at radius 2 is 2.18 bits per heavy atom. The van der Waals surface area contributed by atoms with Gasteiger partial charge in [-0.15, -0.1) is 0 Å². The summed E-state index contributed by atoms with van der Waals surface area (Å²) in [5, 5.41) is 15.8. The zero-order valence-corrected chi connectivity index (χ0v) is 11.2. The van der Waals surface area contributed by atoms with E-state index in [-0.39, 0.29) is 17.3 Å². The first kappa shape index (κ1) is 13.7. The predicted octanol–water partition coefficient (Wildman–Crippen LogP) is 2.99. The Balaban J connectivity index is 1.85. The molecule has 0 saturated carbocycles. The van der Waals surface area contributed by atoms with Crippen molar-refractivity contribution >= 4 is 11.5 Å². The zero-order chi connectivity index (χ0) is 15.5. The summed E-state index contributed by atoms with van der Waals surface area (Å²) in [4.78, 5) is 15.7. The summed E-state index contributed by atoms with van der Waals surface area (Å²) >= 11 is 0. The molecule has 22 heavy (non-hydrogen) atoms. The van der Waals surface area contributed by atoms with E-state index in [1.165, 1.54) is 24.5 Å². The monoisotopic (exact) mass is 299 g/mol. The minimum absolute atomic E-state index is 0.00487. The fraction of sp³-hybridized carbons (Fsp3) is 0. The Morgan fingerprint density at radius 1 is 1.32 bits per heavy atom. The first-order valence-corrected chi connectivity index (χ1v) is 6.30. The fourth-order valence-corrected chi connectivity index (χ4v) is 1.86. The van der Waals surface area contributed by atoms with Gasteiger partial charge in [-0.25, -0.2) is 9.37 Å². The summed E-state index contributed by atoms with van der Waals surface area (Å²) in [5.74, 6) is -0.955. The molecule has 0 atom stereocenters. The third kappa shape index (κ3) is 2.78. The molecule has 0 radical (unpaired) electrons. The summed E-state index contributed by atoms with van der Waals surface area (Å²) < 4.78 is 18.6. The van der Waals surface area contributed by atoms with E-state index in [4.69, 9.17) is 4.42 Å². The number of rotatable bonds is 4. The smallest absolute Gasteiger partial charge is 0.224 e. The highest BCUT2D eigenvalue weighted by Crippen LogP contribution is 2.23. The van der Waals surface area contributed by atoms with Crippen LogP contribution in [0.1, 0.15) is 16.4 Å². The van der Waals surface area contributed by atoms with Crippen LogP contribution in [0, 0.1) is 5.82 Å². The number of H-pyrrole nitrogens is 1. The van der Waals surface area contributed by atoms with Crippen molar-refractivity contribution in [3.05, 3.63) is 66.2 Å². The SMILES string of the molecule is O=C(C=C(O)c1nc[nH]n1)c1ccc(-c2cccc(F)c2)o1. The number of nitrogens with zero attached hydrogens (tertiary/aromatic N) is 2. The zero-order valence-electron chi connectivity index (χ0n) is 11.2. The number of aromatic nitrogens is 3. The lowest BCUT2D eigenvalue weighted by Crippen LogP contribution is -1.95. The maximum absolute atomic E-state index is 13.2. The molecule has 0 aliphatic rings. The third-order valence-electron chi connectivity index (χ3n) is 2.87. The van der Waals surface area contributed by atoms with Gasteiger partial charge in [0.2, 0.25) is 11.6 Å². The van der Waals surface area contributed by atoms with Crippen LogP contribution in [-0.4, -0.2) is 26.1 Å². The summed E-state index contributed by atoms with van der Waals surface area (Å²) in [6.45, 7) is 0. The van der Waals surface area contributed by atoms with Gasteiger partial charge in [-0.05, 0) is 24.3 Å². The molecule has 6 nitrogen and oxygen atoms in total. The molecule has 0 fully saturated rings. The second kappa shape index (κ2) is 5.65. The largest absolute Gasteiger partial charge is 0.504 e. The van der Waals surface area contributed by atoms with E-state index in [1.54, 1.807) is 18.2 Å². The first-order chi connectivity index (χ1) is 10.6. The second-order valence-electron chi connectivity index (χ2n) is 4.39. The second-order valence-corrected chi connectivity index (χ2v) is 4.39. The van der Waals surface area contributed by atoms with Gasteiger partial charge in [0.15, 0.2) is 11.5 Å². The van der Waals surface area contributed by atoms with Gasteiger partial charge in [0.05, 0.1) is 0 Å². The molecule has 7 heteroatoms. The molecule has 0 aliphatic carbocycles. The standard InChI is InChI=1S/C15H10FN3O3/c16-10-3-1-2-9(6-10)13-4-5-14(22-13)11(20)7-12(21)15-17-8-18-19-15/h1-8,21H,(H,17,18,19). The quantitative estimate of drug-likeness (QED) is 0.439. The Kier molecular flexibility index (Phi) is 3.53. The molecule has 3 rings (SSSR count). The van der Waals surface area contributed by atoms with Crippen LogP contribution in [0.3, 0.4) is 0 Å². The minimum Gasteiger partial charge on any atom is -0.504 e. The van der Waals surface area contributed by atoms with Crippen molar-refractivity contribution in [3.63, 3.8) is 0 Å². The van der Waals surface area contributed by atoms with Crippen molar-refractivity contribution in [2.24, 2.45) is 0 Å². The van der Waals surface area contributed by atoms with Gasteiger partial charge in [-0.1, -0.05) is 12.1 Å². The van der Waals surface area contributed by atoms with E-state index in [9.17, 15) is 14.3 Å². The molecule has 1 aromatic carbocycles. The van der Waals surface area contributed by atoms with Crippen LogP contribution in [0.2, 0.25) is 0 Å². The number of aromatic amines is 1. The van der Waals surface area contributed by atoms with Crippen molar-refractivity contribution in [3.8, 4) is 11.3 Å². The van der Waals surface area contributed by atoms with E-state index in [0.717, 1.165) is 6.08 Å². The van der Waals surface area contributed by atoms with Crippen LogP contribution in [-0.2, 0) is 0 Å². The van der Waals surface area contributed by atoms with E-state index in [1.807, 2.05) is 0 Å². The molecule has 110 valence electrons. The van der Waals surface area contributed by atoms with E-state index < -0.39 is 11.6 Å². The average molecular weight is 299 g/mol. The summed E-state index contributed by atoms with van der Waals surface area (Å²) in [6, 6.07) is 8.83. The van der Waals surface area contributed by atoms with Gasteiger partial charge in [0.1, 0.15) is 17.9 Å².